The van der Waals surface area contributed by atoms with Gasteiger partial charge in [-0.3, -0.25) is 5.01 Å². The van der Waals surface area contributed by atoms with Gasteiger partial charge in [-0.05, 0) is 11.6 Å². The van der Waals surface area contributed by atoms with E-state index in [9.17, 15) is 0 Å². The van der Waals surface area contributed by atoms with Gasteiger partial charge >= 0.3 is 0 Å². The Labute approximate surface area is 143 Å². The molecular weight excluding hydrogens is 318 g/mol. The highest BCUT2D eigenvalue weighted by Gasteiger charge is 2.14. The number of rotatable bonds is 4. The largest absolute Gasteiger partial charge is 0.381 e. The lowest BCUT2D eigenvalue weighted by molar-refractivity contribution is -0.726. The van der Waals surface area contributed by atoms with E-state index in [1.807, 2.05) is 53.1 Å². The van der Waals surface area contributed by atoms with Gasteiger partial charge in [-0.25, -0.2) is 20.8 Å². The molecule has 0 spiro atoms. The van der Waals surface area contributed by atoms with Crippen molar-refractivity contribution in [2.24, 2.45) is 12.9 Å². The monoisotopic (exact) mass is 336 g/mol. The minimum atomic E-state index is 0.287. The number of anilines is 2. The number of aryl methyl sites for hydroxylation is 1. The van der Waals surface area contributed by atoms with Crippen LogP contribution < -0.4 is 21.3 Å². The van der Waals surface area contributed by atoms with Crippen molar-refractivity contribution < 1.29 is 4.68 Å². The van der Waals surface area contributed by atoms with E-state index in [-0.39, 0.29) is 5.82 Å². The smallest absolute Gasteiger partial charge is 0.204 e. The molecule has 5 N–H and O–H groups in total. The summed E-state index contributed by atoms with van der Waals surface area (Å²) in [5.74, 6) is 6.94. The van der Waals surface area contributed by atoms with Crippen LogP contribution >= 0.6 is 0 Å². The number of aromatic amines is 1. The summed E-state index contributed by atoms with van der Waals surface area (Å²) < 4.78 is 3.77. The van der Waals surface area contributed by atoms with E-state index in [4.69, 9.17) is 11.6 Å². The topological polar surface area (TPSA) is 118 Å². The van der Waals surface area contributed by atoms with Gasteiger partial charge in [-0.1, -0.05) is 6.07 Å². The van der Waals surface area contributed by atoms with Gasteiger partial charge in [0, 0.05) is 18.6 Å². The van der Waals surface area contributed by atoms with E-state index in [0.717, 1.165) is 16.8 Å². The van der Waals surface area contributed by atoms with E-state index in [1.165, 1.54) is 5.01 Å². The Morgan fingerprint density at radius 2 is 2.20 bits per heavy atom. The quantitative estimate of drug-likeness (QED) is 0.282. The fourth-order valence-electron chi connectivity index (χ4n) is 2.66. The van der Waals surface area contributed by atoms with Crippen LogP contribution in [0.1, 0.15) is 5.56 Å². The number of nitrogens with two attached hydrogens (primary N) is 2. The summed E-state index contributed by atoms with van der Waals surface area (Å²) in [4.78, 5) is 13.0. The average molecular weight is 336 g/mol. The van der Waals surface area contributed by atoms with Gasteiger partial charge < -0.3 is 10.1 Å². The first-order chi connectivity index (χ1) is 12.1. The molecule has 0 unspecified atom stereocenters. The number of hydrazine groups is 1. The van der Waals surface area contributed by atoms with E-state index >= 15 is 0 Å². The molecule has 0 saturated carbocycles. The first kappa shape index (κ1) is 15.1. The highest BCUT2D eigenvalue weighted by molar-refractivity contribution is 5.64. The molecule has 0 saturated heterocycles. The number of nitrogens with zero attached hydrogens (tertiary/aromatic N) is 6. The van der Waals surface area contributed by atoms with Gasteiger partial charge in [0.15, 0.2) is 18.7 Å². The summed E-state index contributed by atoms with van der Waals surface area (Å²) in [5.41, 5.74) is 9.47. The molecule has 0 aliphatic heterocycles. The Balaban J connectivity index is 1.63. The molecule has 0 atom stereocenters. The molecule has 0 aliphatic carbocycles. The summed E-state index contributed by atoms with van der Waals surface area (Å²) in [5, 5.41) is 4.55. The van der Waals surface area contributed by atoms with Crippen molar-refractivity contribution in [2.45, 2.75) is 6.54 Å². The van der Waals surface area contributed by atoms with Gasteiger partial charge in [0.1, 0.15) is 5.65 Å². The molecule has 4 aromatic heterocycles. The van der Waals surface area contributed by atoms with E-state index in [1.54, 1.807) is 12.4 Å². The Morgan fingerprint density at radius 1 is 1.32 bits per heavy atom. The van der Waals surface area contributed by atoms with Crippen LogP contribution in [0.25, 0.3) is 16.9 Å². The van der Waals surface area contributed by atoms with Crippen molar-refractivity contribution in [1.82, 2.24) is 24.5 Å². The lowest BCUT2D eigenvalue weighted by Crippen LogP contribution is -2.32. The van der Waals surface area contributed by atoms with Crippen LogP contribution in [0.15, 0.2) is 49.3 Å². The van der Waals surface area contributed by atoms with Crippen LogP contribution in [-0.2, 0) is 13.6 Å². The molecule has 9 heteroatoms. The van der Waals surface area contributed by atoms with Gasteiger partial charge in [-0.2, -0.15) is 5.10 Å². The van der Waals surface area contributed by atoms with Crippen molar-refractivity contribution in [2.75, 3.05) is 10.7 Å². The molecule has 4 aromatic rings. The zero-order chi connectivity index (χ0) is 17.4. The van der Waals surface area contributed by atoms with Gasteiger partial charge in [0.2, 0.25) is 6.20 Å². The Kier molecular flexibility index (Phi) is 3.55. The van der Waals surface area contributed by atoms with Crippen LogP contribution in [0, 0.1) is 0 Å². The maximum Gasteiger partial charge on any atom is 0.204 e. The fraction of sp³-hybridized carbons (Fsp3) is 0.125. The standard InChI is InChI=1S/C16H17N9/c1-23-10-12(6-21-23)13-7-20-15(17)16(22-13)25(18)9-11-2-3-14-19-4-5-24(14)8-11/h2-8,10H,9,18H2,1H3,(H2,17,20)/p+1. The summed E-state index contributed by atoms with van der Waals surface area (Å²) in [6.07, 6.45) is 11.0. The van der Waals surface area contributed by atoms with Crippen molar-refractivity contribution in [1.29, 1.82) is 0 Å². The summed E-state index contributed by atoms with van der Waals surface area (Å²) in [7, 11) is 1.90. The third kappa shape index (κ3) is 2.88. The van der Waals surface area contributed by atoms with E-state index < -0.39 is 0 Å². The van der Waals surface area contributed by atoms with Crippen molar-refractivity contribution in [3.8, 4) is 11.3 Å². The second-order valence-corrected chi connectivity index (χ2v) is 5.79. The number of nitrogen functional groups attached to an aromatic ring is 1. The second kappa shape index (κ2) is 5.87. The molecule has 0 bridgehead atoms. The molecule has 0 aromatic carbocycles. The van der Waals surface area contributed by atoms with Gasteiger partial charge in [-0.15, -0.1) is 4.68 Å². The molecule has 0 amide bonds. The first-order valence-corrected chi connectivity index (χ1v) is 7.71. The molecule has 0 fully saturated rings. The summed E-state index contributed by atoms with van der Waals surface area (Å²) >= 11 is 0. The number of imidazole rings is 1. The minimum Gasteiger partial charge on any atom is -0.381 e. The minimum absolute atomic E-state index is 0.287. The van der Waals surface area contributed by atoms with Crippen LogP contribution in [0.4, 0.5) is 11.6 Å². The number of hydrogen-bond donors (Lipinski definition) is 3. The SMILES string of the molecule is C[n+]1cc(-c2cnc(N)c(N(N)Cc3ccc4nccn4c3)n2)c[nH]1. The molecular formula is C16H18N9+. The van der Waals surface area contributed by atoms with Crippen LogP contribution in [0.5, 0.6) is 0 Å². The normalized spacial score (nSPS) is 11.1. The molecule has 25 heavy (non-hydrogen) atoms. The third-order valence-corrected chi connectivity index (χ3v) is 3.91. The van der Waals surface area contributed by atoms with Crippen LogP contribution in [0.2, 0.25) is 0 Å². The van der Waals surface area contributed by atoms with Gasteiger partial charge in [0.25, 0.3) is 0 Å². The maximum absolute atomic E-state index is 6.21. The second-order valence-electron chi connectivity index (χ2n) is 5.79. The van der Waals surface area contributed by atoms with E-state index in [0.29, 0.717) is 18.1 Å². The number of fused-ring (bicyclic) bond motifs is 1. The predicted octanol–water partition coefficient (Wildman–Crippen LogP) is 0.406. The van der Waals surface area contributed by atoms with Crippen molar-refractivity contribution in [3.63, 3.8) is 0 Å². The predicted molar refractivity (Wildman–Crippen MR) is 93.0 cm³/mol. The molecule has 0 aliphatic rings. The zero-order valence-corrected chi connectivity index (χ0v) is 13.7. The fourth-order valence-corrected chi connectivity index (χ4v) is 2.66. The summed E-state index contributed by atoms with van der Waals surface area (Å²) in [6, 6.07) is 3.91. The number of pyridine rings is 1. The number of hydrogen-bond acceptors (Lipinski definition) is 6. The summed E-state index contributed by atoms with van der Waals surface area (Å²) in [6.45, 7) is 0.442. The highest BCUT2D eigenvalue weighted by Crippen LogP contribution is 2.22. The lowest BCUT2D eigenvalue weighted by Gasteiger charge is -2.19. The molecule has 0 radical (unpaired) electrons. The molecule has 9 nitrogen and oxygen atoms in total. The highest BCUT2D eigenvalue weighted by atomic mass is 15.4. The molecule has 4 heterocycles. The number of aromatic nitrogens is 6. The Hall–Kier alpha value is -3.46. The van der Waals surface area contributed by atoms with Crippen LogP contribution in [0.3, 0.4) is 0 Å². The molecule has 4 rings (SSSR count). The van der Waals surface area contributed by atoms with Crippen molar-refractivity contribution >= 4 is 17.3 Å². The number of H-pyrrole nitrogens is 1. The Bertz CT molecular complexity index is 1030. The zero-order valence-electron chi connectivity index (χ0n) is 13.7. The lowest BCUT2D eigenvalue weighted by atomic mass is 10.2. The molecule has 126 valence electrons. The number of nitrogens with one attached hydrogen (secondary N) is 1. The Morgan fingerprint density at radius 3 is 3.00 bits per heavy atom. The maximum atomic E-state index is 6.21. The van der Waals surface area contributed by atoms with Crippen LogP contribution in [-0.4, -0.2) is 24.5 Å². The third-order valence-electron chi connectivity index (χ3n) is 3.91. The van der Waals surface area contributed by atoms with Gasteiger partial charge in [0.05, 0.1) is 30.2 Å². The van der Waals surface area contributed by atoms with Crippen molar-refractivity contribution in [3.05, 3.63) is 54.9 Å². The first-order valence-electron chi connectivity index (χ1n) is 7.71. The van der Waals surface area contributed by atoms with E-state index in [2.05, 4.69) is 20.1 Å². The average Bonchev–Trinajstić information content (AvgIpc) is 3.23.